The molecule has 1 aromatic heterocycles. The van der Waals surface area contributed by atoms with Crippen LogP contribution in [0.4, 0.5) is 0 Å². The van der Waals surface area contributed by atoms with E-state index in [4.69, 9.17) is 0 Å². The molecule has 0 saturated heterocycles. The van der Waals surface area contributed by atoms with Crippen molar-refractivity contribution in [2.24, 2.45) is 0 Å². The Hall–Kier alpha value is -2.16. The summed E-state index contributed by atoms with van der Waals surface area (Å²) in [6, 6.07) is 13.9. The summed E-state index contributed by atoms with van der Waals surface area (Å²) in [7, 11) is 0. The highest BCUT2D eigenvalue weighted by Crippen LogP contribution is 2.11. The van der Waals surface area contributed by atoms with E-state index in [1.165, 1.54) is 0 Å². The SMILES string of the molecule is CC(NC(=O)CCc1cccnc1)c1ccccc1. The minimum Gasteiger partial charge on any atom is -0.350 e. The maximum absolute atomic E-state index is 11.9. The first-order valence-corrected chi connectivity index (χ1v) is 6.49. The zero-order chi connectivity index (χ0) is 13.5. The lowest BCUT2D eigenvalue weighted by molar-refractivity contribution is -0.121. The predicted octanol–water partition coefficient (Wildman–Crippen LogP) is 2.89. The molecule has 1 N–H and O–H groups in total. The molecule has 1 aromatic carbocycles. The third kappa shape index (κ3) is 4.21. The maximum Gasteiger partial charge on any atom is 0.220 e. The third-order valence-electron chi connectivity index (χ3n) is 3.04. The summed E-state index contributed by atoms with van der Waals surface area (Å²) in [6.07, 6.45) is 4.75. The molecule has 1 unspecified atom stereocenters. The lowest BCUT2D eigenvalue weighted by Crippen LogP contribution is -2.26. The largest absolute Gasteiger partial charge is 0.350 e. The number of hydrogen-bond donors (Lipinski definition) is 1. The van der Waals surface area contributed by atoms with Crippen LogP contribution in [0.2, 0.25) is 0 Å². The van der Waals surface area contributed by atoms with Crippen LogP contribution in [0.25, 0.3) is 0 Å². The van der Waals surface area contributed by atoms with Crippen LogP contribution in [0.5, 0.6) is 0 Å². The number of benzene rings is 1. The first-order chi connectivity index (χ1) is 9.25. The Kier molecular flexibility index (Phi) is 4.67. The molecule has 0 saturated carbocycles. The van der Waals surface area contributed by atoms with Crippen molar-refractivity contribution in [1.82, 2.24) is 10.3 Å². The van der Waals surface area contributed by atoms with E-state index < -0.39 is 0 Å². The average molecular weight is 254 g/mol. The fourth-order valence-electron chi connectivity index (χ4n) is 1.94. The van der Waals surface area contributed by atoms with Crippen LogP contribution in [0.1, 0.15) is 30.5 Å². The first kappa shape index (κ1) is 13.3. The second kappa shape index (κ2) is 6.69. The van der Waals surface area contributed by atoms with Crippen LogP contribution < -0.4 is 5.32 Å². The van der Waals surface area contributed by atoms with Gasteiger partial charge >= 0.3 is 0 Å². The van der Waals surface area contributed by atoms with E-state index in [0.717, 1.165) is 17.5 Å². The topological polar surface area (TPSA) is 42.0 Å². The van der Waals surface area contributed by atoms with Gasteiger partial charge in [-0.2, -0.15) is 0 Å². The Morgan fingerprint density at radius 3 is 2.68 bits per heavy atom. The second-order valence-corrected chi connectivity index (χ2v) is 4.56. The van der Waals surface area contributed by atoms with E-state index in [9.17, 15) is 4.79 Å². The molecule has 1 amide bonds. The number of amides is 1. The number of carbonyl (C=O) groups excluding carboxylic acids is 1. The van der Waals surface area contributed by atoms with E-state index in [1.807, 2.05) is 49.4 Å². The zero-order valence-electron chi connectivity index (χ0n) is 11.0. The molecular formula is C16H18N2O. The molecular weight excluding hydrogens is 236 g/mol. The Balaban J connectivity index is 1.82. The highest BCUT2D eigenvalue weighted by Gasteiger charge is 2.08. The molecule has 1 heterocycles. The van der Waals surface area contributed by atoms with Crippen molar-refractivity contribution in [1.29, 1.82) is 0 Å². The molecule has 19 heavy (non-hydrogen) atoms. The van der Waals surface area contributed by atoms with Gasteiger partial charge in [-0.25, -0.2) is 0 Å². The molecule has 2 rings (SSSR count). The number of aromatic nitrogens is 1. The normalized spacial score (nSPS) is 11.8. The summed E-state index contributed by atoms with van der Waals surface area (Å²) >= 11 is 0. The second-order valence-electron chi connectivity index (χ2n) is 4.56. The molecule has 0 aliphatic rings. The molecule has 1 atom stereocenters. The van der Waals surface area contributed by atoms with Crippen molar-refractivity contribution >= 4 is 5.91 Å². The highest BCUT2D eigenvalue weighted by atomic mass is 16.1. The van der Waals surface area contributed by atoms with Gasteiger partial charge in [0.1, 0.15) is 0 Å². The lowest BCUT2D eigenvalue weighted by atomic mass is 10.1. The number of aryl methyl sites for hydroxylation is 1. The molecule has 0 aliphatic carbocycles. The van der Waals surface area contributed by atoms with Crippen LogP contribution in [-0.4, -0.2) is 10.9 Å². The number of carbonyl (C=O) groups is 1. The van der Waals surface area contributed by atoms with Gasteiger partial charge < -0.3 is 5.32 Å². The van der Waals surface area contributed by atoms with Crippen LogP contribution in [-0.2, 0) is 11.2 Å². The van der Waals surface area contributed by atoms with E-state index in [2.05, 4.69) is 10.3 Å². The first-order valence-electron chi connectivity index (χ1n) is 6.49. The summed E-state index contributed by atoms with van der Waals surface area (Å²) in [6.45, 7) is 2.00. The molecule has 0 bridgehead atoms. The molecule has 0 aliphatic heterocycles. The summed E-state index contributed by atoms with van der Waals surface area (Å²) < 4.78 is 0. The Labute approximate surface area is 113 Å². The minimum atomic E-state index is 0.0441. The van der Waals surface area contributed by atoms with Gasteiger partial charge in [0.2, 0.25) is 5.91 Å². The predicted molar refractivity (Wildman–Crippen MR) is 75.6 cm³/mol. The summed E-state index contributed by atoms with van der Waals surface area (Å²) in [5.74, 6) is 0.0696. The Morgan fingerprint density at radius 1 is 1.21 bits per heavy atom. The van der Waals surface area contributed by atoms with Crippen molar-refractivity contribution in [2.75, 3.05) is 0 Å². The molecule has 0 fully saturated rings. The molecule has 3 heteroatoms. The molecule has 98 valence electrons. The zero-order valence-corrected chi connectivity index (χ0v) is 11.0. The number of hydrogen-bond acceptors (Lipinski definition) is 2. The Bertz CT molecular complexity index is 511. The quantitative estimate of drug-likeness (QED) is 0.891. The van der Waals surface area contributed by atoms with Gasteiger partial charge in [-0.05, 0) is 30.5 Å². The molecule has 0 radical (unpaired) electrons. The summed E-state index contributed by atoms with van der Waals surface area (Å²) in [5, 5.41) is 3.01. The van der Waals surface area contributed by atoms with Gasteiger partial charge in [0.15, 0.2) is 0 Å². The molecule has 2 aromatic rings. The molecule has 3 nitrogen and oxygen atoms in total. The smallest absolute Gasteiger partial charge is 0.220 e. The molecule has 0 spiro atoms. The fraction of sp³-hybridized carbons (Fsp3) is 0.250. The number of rotatable bonds is 5. The van der Waals surface area contributed by atoms with Gasteiger partial charge in [0.05, 0.1) is 6.04 Å². The number of nitrogens with one attached hydrogen (secondary N) is 1. The number of pyridine rings is 1. The standard InChI is InChI=1S/C16H18N2O/c1-13(15-7-3-2-4-8-15)18-16(19)10-9-14-6-5-11-17-12-14/h2-8,11-13H,9-10H2,1H3,(H,18,19). The Morgan fingerprint density at radius 2 is 2.00 bits per heavy atom. The van der Waals surface area contributed by atoms with Crippen LogP contribution in [0, 0.1) is 0 Å². The lowest BCUT2D eigenvalue weighted by Gasteiger charge is -2.14. The third-order valence-corrected chi connectivity index (χ3v) is 3.04. The van der Waals surface area contributed by atoms with Gasteiger partial charge in [-0.15, -0.1) is 0 Å². The van der Waals surface area contributed by atoms with Crippen molar-refractivity contribution in [3.05, 3.63) is 66.0 Å². The van der Waals surface area contributed by atoms with Gasteiger partial charge in [-0.3, -0.25) is 9.78 Å². The van der Waals surface area contributed by atoms with Crippen LogP contribution in [0.3, 0.4) is 0 Å². The van der Waals surface area contributed by atoms with Crippen LogP contribution >= 0.6 is 0 Å². The van der Waals surface area contributed by atoms with Gasteiger partial charge in [0, 0.05) is 18.8 Å². The van der Waals surface area contributed by atoms with Crippen molar-refractivity contribution < 1.29 is 4.79 Å². The van der Waals surface area contributed by atoms with Gasteiger partial charge in [0.25, 0.3) is 0 Å². The minimum absolute atomic E-state index is 0.0441. The van der Waals surface area contributed by atoms with Crippen molar-refractivity contribution in [3.8, 4) is 0 Å². The maximum atomic E-state index is 11.9. The summed E-state index contributed by atoms with van der Waals surface area (Å²) in [4.78, 5) is 15.9. The van der Waals surface area contributed by atoms with E-state index in [-0.39, 0.29) is 11.9 Å². The van der Waals surface area contributed by atoms with Crippen LogP contribution in [0.15, 0.2) is 54.9 Å². The van der Waals surface area contributed by atoms with Crippen molar-refractivity contribution in [3.63, 3.8) is 0 Å². The monoisotopic (exact) mass is 254 g/mol. The summed E-state index contributed by atoms with van der Waals surface area (Å²) in [5.41, 5.74) is 2.21. The van der Waals surface area contributed by atoms with E-state index >= 15 is 0 Å². The van der Waals surface area contributed by atoms with Crippen molar-refractivity contribution in [2.45, 2.75) is 25.8 Å². The number of nitrogens with zero attached hydrogens (tertiary/aromatic N) is 1. The highest BCUT2D eigenvalue weighted by molar-refractivity contribution is 5.76. The fourth-order valence-corrected chi connectivity index (χ4v) is 1.94. The van der Waals surface area contributed by atoms with Gasteiger partial charge in [-0.1, -0.05) is 36.4 Å². The van der Waals surface area contributed by atoms with E-state index in [1.54, 1.807) is 12.4 Å². The average Bonchev–Trinajstić information content (AvgIpc) is 2.47. The van der Waals surface area contributed by atoms with E-state index in [0.29, 0.717) is 6.42 Å².